The van der Waals surface area contributed by atoms with Gasteiger partial charge < -0.3 is 25.8 Å². The molecule has 1 aliphatic heterocycles. The van der Waals surface area contributed by atoms with E-state index in [2.05, 4.69) is 15.0 Å². The van der Waals surface area contributed by atoms with Crippen molar-refractivity contribution in [2.45, 2.75) is 54.6 Å². The standard InChI is InChI=1S/C20H25N5O7S/c1-2-5-12(11-6-3-4-7-14(11)33(29,30)31)20(17(28)16(27)13(8-26)32-20)25-10-24-15-18(21)22-9-23-19(15)25/h3-4,6-7,9-10,12-13,16-17,26-28H,2,5,8H2,1H3,(H2,21,22,23)(H,29,30,31)/t12?,13-,16-,17-,20-/m1/s1. The van der Waals surface area contributed by atoms with Gasteiger partial charge >= 0.3 is 0 Å². The van der Waals surface area contributed by atoms with Gasteiger partial charge in [-0.2, -0.15) is 8.42 Å². The predicted molar refractivity (Wildman–Crippen MR) is 116 cm³/mol. The van der Waals surface area contributed by atoms with E-state index in [4.69, 9.17) is 10.5 Å². The van der Waals surface area contributed by atoms with E-state index in [0.717, 1.165) is 0 Å². The quantitative estimate of drug-likeness (QED) is 0.286. The van der Waals surface area contributed by atoms with Gasteiger partial charge in [0.05, 0.1) is 17.8 Å². The molecular formula is C20H25N5O7S. The minimum absolute atomic E-state index is 0.0750. The van der Waals surface area contributed by atoms with E-state index in [0.29, 0.717) is 6.42 Å². The summed E-state index contributed by atoms with van der Waals surface area (Å²) < 4.78 is 41.8. The van der Waals surface area contributed by atoms with E-state index in [1.54, 1.807) is 6.07 Å². The molecule has 0 spiro atoms. The van der Waals surface area contributed by atoms with Gasteiger partial charge in [0.15, 0.2) is 17.2 Å². The van der Waals surface area contributed by atoms with E-state index in [9.17, 15) is 28.3 Å². The second-order valence-corrected chi connectivity index (χ2v) is 9.32. The Kier molecular flexibility index (Phi) is 6.11. The summed E-state index contributed by atoms with van der Waals surface area (Å²) in [6, 6.07) is 5.80. The van der Waals surface area contributed by atoms with Crippen LogP contribution < -0.4 is 5.73 Å². The predicted octanol–water partition coefficient (Wildman–Crippen LogP) is 0.00480. The van der Waals surface area contributed by atoms with Crippen molar-refractivity contribution in [2.75, 3.05) is 12.3 Å². The first-order valence-corrected chi connectivity index (χ1v) is 11.8. The zero-order valence-corrected chi connectivity index (χ0v) is 18.5. The Labute approximate surface area is 189 Å². The van der Waals surface area contributed by atoms with E-state index >= 15 is 0 Å². The molecule has 0 saturated carbocycles. The lowest BCUT2D eigenvalue weighted by Gasteiger charge is -2.41. The molecule has 0 bridgehead atoms. The van der Waals surface area contributed by atoms with Gasteiger partial charge in [-0.3, -0.25) is 9.12 Å². The summed E-state index contributed by atoms with van der Waals surface area (Å²) in [5.41, 5.74) is 4.63. The van der Waals surface area contributed by atoms with Crippen molar-refractivity contribution < 1.29 is 33.0 Å². The maximum absolute atomic E-state index is 12.2. The lowest BCUT2D eigenvalue weighted by molar-refractivity contribution is -0.164. The summed E-state index contributed by atoms with van der Waals surface area (Å²) in [4.78, 5) is 12.0. The van der Waals surface area contributed by atoms with Crippen LogP contribution in [-0.4, -0.2) is 72.7 Å². The summed E-state index contributed by atoms with van der Waals surface area (Å²) in [6.07, 6.45) is -1.02. The number of nitrogen functional groups attached to an aromatic ring is 1. The van der Waals surface area contributed by atoms with E-state index < -0.39 is 46.7 Å². The Morgan fingerprint density at radius 1 is 1.24 bits per heavy atom. The average molecular weight is 480 g/mol. The number of nitrogens with two attached hydrogens (primary N) is 1. The highest BCUT2D eigenvalue weighted by Crippen LogP contribution is 2.50. The van der Waals surface area contributed by atoms with Crippen molar-refractivity contribution in [1.29, 1.82) is 0 Å². The topological polar surface area (TPSA) is 194 Å². The molecule has 1 unspecified atom stereocenters. The van der Waals surface area contributed by atoms with Crippen LogP contribution in [0.4, 0.5) is 5.82 Å². The van der Waals surface area contributed by atoms with Crippen molar-refractivity contribution in [2.24, 2.45) is 0 Å². The first-order valence-electron chi connectivity index (χ1n) is 10.3. The summed E-state index contributed by atoms with van der Waals surface area (Å²) in [6.45, 7) is 1.24. The monoisotopic (exact) mass is 479 g/mol. The molecule has 0 amide bonds. The Morgan fingerprint density at radius 3 is 2.61 bits per heavy atom. The third-order valence-corrected chi connectivity index (χ3v) is 6.96. The number of aromatic nitrogens is 4. The van der Waals surface area contributed by atoms with Gasteiger partial charge in [0.2, 0.25) is 0 Å². The van der Waals surface area contributed by atoms with Crippen LogP contribution in [0.3, 0.4) is 0 Å². The molecule has 33 heavy (non-hydrogen) atoms. The number of ether oxygens (including phenoxy) is 1. The fourth-order valence-electron chi connectivity index (χ4n) is 4.62. The number of anilines is 1. The smallest absolute Gasteiger partial charge is 0.294 e. The highest BCUT2D eigenvalue weighted by Gasteiger charge is 2.60. The summed E-state index contributed by atoms with van der Waals surface area (Å²) >= 11 is 0. The van der Waals surface area contributed by atoms with Crippen LogP contribution in [0.1, 0.15) is 31.2 Å². The zero-order valence-electron chi connectivity index (χ0n) is 17.7. The molecule has 0 aliphatic carbocycles. The van der Waals surface area contributed by atoms with Crippen molar-refractivity contribution in [3.63, 3.8) is 0 Å². The third kappa shape index (κ3) is 3.66. The van der Waals surface area contributed by atoms with Gasteiger partial charge in [0.1, 0.15) is 30.2 Å². The van der Waals surface area contributed by atoms with Crippen molar-refractivity contribution in [3.8, 4) is 0 Å². The van der Waals surface area contributed by atoms with Crippen LogP contribution in [0, 0.1) is 0 Å². The first kappa shape index (κ1) is 23.5. The Morgan fingerprint density at radius 2 is 1.97 bits per heavy atom. The SMILES string of the molecule is CCCC(c1ccccc1S(=O)(=O)O)[C@@]1(n2cnc3c(N)ncnc32)O[C@H](CO)[C@@H](O)[C@H]1O. The fraction of sp³-hybridized carbons (Fsp3) is 0.450. The number of imidazole rings is 1. The number of hydrogen-bond acceptors (Lipinski definition) is 10. The van der Waals surface area contributed by atoms with Crippen LogP contribution >= 0.6 is 0 Å². The molecule has 3 heterocycles. The first-order chi connectivity index (χ1) is 15.7. The number of nitrogens with zero attached hydrogens (tertiary/aromatic N) is 4. The van der Waals surface area contributed by atoms with Crippen molar-refractivity contribution in [1.82, 2.24) is 19.5 Å². The fourth-order valence-corrected chi connectivity index (χ4v) is 5.38. The van der Waals surface area contributed by atoms with Gasteiger partial charge in [-0.05, 0) is 18.1 Å². The van der Waals surface area contributed by atoms with Gasteiger partial charge in [-0.15, -0.1) is 0 Å². The van der Waals surface area contributed by atoms with Gasteiger partial charge in [-0.1, -0.05) is 31.5 Å². The largest absolute Gasteiger partial charge is 0.394 e. The maximum atomic E-state index is 12.2. The Hall–Kier alpha value is -2.68. The Bertz CT molecular complexity index is 1270. The van der Waals surface area contributed by atoms with E-state index in [1.807, 2.05) is 6.92 Å². The molecule has 4 rings (SSSR count). The lowest BCUT2D eigenvalue weighted by Crippen LogP contribution is -2.50. The molecule has 12 nitrogen and oxygen atoms in total. The molecule has 3 aromatic rings. The van der Waals surface area contributed by atoms with Crippen LogP contribution in [0.5, 0.6) is 0 Å². The number of rotatable bonds is 7. The van der Waals surface area contributed by atoms with Gasteiger partial charge in [-0.25, -0.2) is 15.0 Å². The zero-order chi connectivity index (χ0) is 24.0. The summed E-state index contributed by atoms with van der Waals surface area (Å²) in [5, 5.41) is 31.9. The molecule has 1 aromatic carbocycles. The second-order valence-electron chi connectivity index (χ2n) is 7.93. The number of hydrogen-bond donors (Lipinski definition) is 5. The number of fused-ring (bicyclic) bond motifs is 1. The normalized spacial score (nSPS) is 26.6. The van der Waals surface area contributed by atoms with Crippen LogP contribution in [0.15, 0.2) is 41.8 Å². The van der Waals surface area contributed by atoms with Crippen LogP contribution in [0.2, 0.25) is 0 Å². The van der Waals surface area contributed by atoms with Crippen LogP contribution in [-0.2, 0) is 20.6 Å². The number of aliphatic hydroxyl groups is 3. The van der Waals surface area contributed by atoms with Crippen molar-refractivity contribution >= 4 is 27.1 Å². The molecule has 5 atom stereocenters. The van der Waals surface area contributed by atoms with Crippen LogP contribution in [0.25, 0.3) is 11.2 Å². The van der Waals surface area contributed by atoms with E-state index in [1.165, 1.54) is 35.4 Å². The Balaban J connectivity index is 2.06. The maximum Gasteiger partial charge on any atom is 0.294 e. The molecule has 2 aromatic heterocycles. The molecule has 6 N–H and O–H groups in total. The average Bonchev–Trinajstić information content (AvgIpc) is 3.33. The molecule has 1 fully saturated rings. The molecular weight excluding hydrogens is 454 g/mol. The second kappa shape index (κ2) is 8.59. The molecule has 1 saturated heterocycles. The minimum atomic E-state index is -4.64. The van der Waals surface area contributed by atoms with Gasteiger partial charge in [0, 0.05) is 5.92 Å². The molecule has 1 aliphatic rings. The highest BCUT2D eigenvalue weighted by atomic mass is 32.2. The van der Waals surface area contributed by atoms with Crippen molar-refractivity contribution in [3.05, 3.63) is 42.5 Å². The molecule has 13 heteroatoms. The minimum Gasteiger partial charge on any atom is -0.394 e. The molecule has 178 valence electrons. The summed E-state index contributed by atoms with van der Waals surface area (Å²) in [5.74, 6) is -0.846. The summed E-state index contributed by atoms with van der Waals surface area (Å²) in [7, 11) is -4.64. The van der Waals surface area contributed by atoms with Gasteiger partial charge in [0.25, 0.3) is 10.1 Å². The number of aliphatic hydroxyl groups excluding tert-OH is 3. The third-order valence-electron chi connectivity index (χ3n) is 6.04. The van der Waals surface area contributed by atoms with E-state index in [-0.39, 0.29) is 33.9 Å². The molecule has 0 radical (unpaired) electrons. The number of benzene rings is 1. The highest BCUT2D eigenvalue weighted by molar-refractivity contribution is 7.85. The lowest BCUT2D eigenvalue weighted by atomic mass is 9.80.